The molecular formula is C15H26IN3O4. The summed E-state index contributed by atoms with van der Waals surface area (Å²) in [7, 11) is 0. The topological polar surface area (TPSA) is 85.1 Å². The molecule has 0 spiro atoms. The number of likely N-dealkylation sites (tertiary alicyclic amines) is 2. The molecule has 132 valence electrons. The highest BCUT2D eigenvalue weighted by molar-refractivity contribution is 14.1. The Hall–Kier alpha value is -0.610. The first-order valence-electron chi connectivity index (χ1n) is 8.01. The van der Waals surface area contributed by atoms with E-state index in [-0.39, 0.29) is 28.1 Å². The monoisotopic (exact) mass is 439 g/mol. The van der Waals surface area contributed by atoms with Crippen LogP contribution in [0.25, 0.3) is 0 Å². The fraction of sp³-hybridized carbons (Fsp3) is 0.867. The molecule has 0 aromatic heterocycles. The smallest absolute Gasteiger partial charge is 0.410 e. The predicted octanol–water partition coefficient (Wildman–Crippen LogP) is 1.68. The molecule has 0 bridgehead atoms. The lowest BCUT2D eigenvalue weighted by molar-refractivity contribution is -0.142. The van der Waals surface area contributed by atoms with Crippen LogP contribution in [0.15, 0.2) is 0 Å². The number of nitrogens with two attached hydrogens (primary N) is 1. The lowest BCUT2D eigenvalue weighted by Crippen LogP contribution is -2.61. The predicted molar refractivity (Wildman–Crippen MR) is 94.0 cm³/mol. The maximum absolute atomic E-state index is 12.5. The van der Waals surface area contributed by atoms with E-state index in [0.717, 1.165) is 12.8 Å². The highest BCUT2D eigenvalue weighted by Crippen LogP contribution is 2.26. The van der Waals surface area contributed by atoms with Crippen molar-refractivity contribution >= 4 is 34.6 Å². The molecule has 7 nitrogen and oxygen atoms in total. The highest BCUT2D eigenvalue weighted by atomic mass is 127. The van der Waals surface area contributed by atoms with Gasteiger partial charge in [0.1, 0.15) is 11.7 Å². The van der Waals surface area contributed by atoms with Crippen LogP contribution in [0.2, 0.25) is 0 Å². The van der Waals surface area contributed by atoms with Crippen LogP contribution >= 0.6 is 22.6 Å². The van der Waals surface area contributed by atoms with E-state index in [4.69, 9.17) is 15.5 Å². The number of amides is 2. The first kappa shape index (κ1) is 18.7. The average molecular weight is 439 g/mol. The Labute approximate surface area is 150 Å². The first-order chi connectivity index (χ1) is 10.7. The number of ether oxygens (including phenoxy) is 1. The Kier molecular flexibility index (Phi) is 6.12. The van der Waals surface area contributed by atoms with Gasteiger partial charge in [0, 0.05) is 19.6 Å². The fourth-order valence-corrected chi connectivity index (χ4v) is 3.84. The number of nitrogens with zero attached hydrogens (tertiary/aromatic N) is 2. The van der Waals surface area contributed by atoms with Gasteiger partial charge in [0.05, 0.1) is 9.97 Å². The minimum Gasteiger partial charge on any atom is -0.444 e. The number of hydrogen-bond donors (Lipinski definition) is 1. The van der Waals surface area contributed by atoms with Crippen molar-refractivity contribution in [3.05, 3.63) is 0 Å². The number of carbonyl (C=O) groups excluding carboxylic acids is 2. The summed E-state index contributed by atoms with van der Waals surface area (Å²) in [5, 5.41) is 0. The third-order valence-corrected chi connectivity index (χ3v) is 5.31. The van der Waals surface area contributed by atoms with Gasteiger partial charge in [0.2, 0.25) is 5.91 Å². The highest BCUT2D eigenvalue weighted by Gasteiger charge is 2.41. The molecule has 0 radical (unpaired) electrons. The van der Waals surface area contributed by atoms with Gasteiger partial charge < -0.3 is 14.5 Å². The van der Waals surface area contributed by atoms with E-state index in [2.05, 4.69) is 22.6 Å². The maximum atomic E-state index is 12.5. The molecule has 2 aliphatic heterocycles. The van der Waals surface area contributed by atoms with Gasteiger partial charge in [-0.15, -0.1) is 0 Å². The number of piperidine rings is 2. The van der Waals surface area contributed by atoms with E-state index in [1.807, 2.05) is 25.7 Å². The molecular weight excluding hydrogens is 413 g/mol. The molecule has 0 aromatic carbocycles. The molecule has 2 saturated heterocycles. The van der Waals surface area contributed by atoms with Crippen LogP contribution < -0.4 is 5.90 Å². The Morgan fingerprint density at radius 1 is 1.30 bits per heavy atom. The van der Waals surface area contributed by atoms with E-state index < -0.39 is 5.60 Å². The number of alkyl halides is 1. The third-order valence-electron chi connectivity index (χ3n) is 4.15. The van der Waals surface area contributed by atoms with Crippen molar-refractivity contribution in [3.63, 3.8) is 0 Å². The Morgan fingerprint density at radius 3 is 2.61 bits per heavy atom. The summed E-state index contributed by atoms with van der Waals surface area (Å²) in [6.45, 7) is 7.12. The molecule has 2 rings (SSSR count). The van der Waals surface area contributed by atoms with Gasteiger partial charge in [0.25, 0.3) is 0 Å². The molecule has 2 amide bonds. The van der Waals surface area contributed by atoms with Crippen molar-refractivity contribution < 1.29 is 19.2 Å². The largest absolute Gasteiger partial charge is 0.444 e. The van der Waals surface area contributed by atoms with E-state index in [1.54, 1.807) is 4.90 Å². The SMILES string of the molecule is CC(C)(C)OC(=O)N1CC[C@H](ON)[C@@H](N2CCCC(I)C2=O)C1. The zero-order valence-electron chi connectivity index (χ0n) is 14.0. The number of hydrogen-bond acceptors (Lipinski definition) is 5. The van der Waals surface area contributed by atoms with Crippen LogP contribution in [0.5, 0.6) is 0 Å². The van der Waals surface area contributed by atoms with Crippen LogP contribution in [-0.4, -0.2) is 63.1 Å². The normalized spacial score (nSPS) is 29.6. The molecule has 0 aliphatic carbocycles. The van der Waals surface area contributed by atoms with Gasteiger partial charge in [-0.1, -0.05) is 22.6 Å². The summed E-state index contributed by atoms with van der Waals surface area (Å²) in [6, 6.07) is -0.216. The quantitative estimate of drug-likeness (QED) is 0.402. The summed E-state index contributed by atoms with van der Waals surface area (Å²) in [4.78, 5) is 33.4. The minimum atomic E-state index is -0.540. The Bertz CT molecular complexity index is 454. The van der Waals surface area contributed by atoms with Crippen molar-refractivity contribution in [1.82, 2.24) is 9.80 Å². The minimum absolute atomic E-state index is 0.0170. The van der Waals surface area contributed by atoms with E-state index >= 15 is 0 Å². The Balaban J connectivity index is 2.09. The van der Waals surface area contributed by atoms with Gasteiger partial charge >= 0.3 is 6.09 Å². The van der Waals surface area contributed by atoms with E-state index in [0.29, 0.717) is 26.1 Å². The number of carbonyl (C=O) groups is 2. The second-order valence-corrected chi connectivity index (χ2v) is 8.60. The van der Waals surface area contributed by atoms with Crippen LogP contribution in [0, 0.1) is 0 Å². The summed E-state index contributed by atoms with van der Waals surface area (Å²) in [6.07, 6.45) is 1.84. The Morgan fingerprint density at radius 2 is 2.00 bits per heavy atom. The van der Waals surface area contributed by atoms with E-state index in [1.165, 1.54) is 0 Å². The second kappa shape index (κ2) is 7.52. The lowest BCUT2D eigenvalue weighted by Gasteiger charge is -2.45. The van der Waals surface area contributed by atoms with Crippen LogP contribution in [-0.2, 0) is 14.4 Å². The molecule has 2 aliphatic rings. The average Bonchev–Trinajstić information content (AvgIpc) is 2.47. The molecule has 2 heterocycles. The van der Waals surface area contributed by atoms with Crippen molar-refractivity contribution in [2.45, 2.75) is 61.7 Å². The number of halogens is 1. The van der Waals surface area contributed by atoms with Crippen LogP contribution in [0.4, 0.5) is 4.79 Å². The van der Waals surface area contributed by atoms with Gasteiger partial charge in [-0.2, -0.15) is 0 Å². The molecule has 0 aromatic rings. The molecule has 23 heavy (non-hydrogen) atoms. The molecule has 8 heteroatoms. The van der Waals surface area contributed by atoms with Crippen molar-refractivity contribution in [2.75, 3.05) is 19.6 Å². The zero-order chi connectivity index (χ0) is 17.2. The van der Waals surface area contributed by atoms with Crippen LogP contribution in [0.3, 0.4) is 0 Å². The standard InChI is InChI=1S/C15H26IN3O4/c1-15(2,3)22-14(21)18-8-6-12(23-17)11(9-18)19-7-4-5-10(16)13(19)20/h10-12H,4-9,17H2,1-3H3/t10?,11-,12-/m0/s1. The molecule has 2 N–H and O–H groups in total. The van der Waals surface area contributed by atoms with Crippen LogP contribution in [0.1, 0.15) is 40.0 Å². The summed E-state index contributed by atoms with van der Waals surface area (Å²) < 4.78 is 5.42. The van der Waals surface area contributed by atoms with Gasteiger partial charge in [-0.05, 0) is 40.0 Å². The maximum Gasteiger partial charge on any atom is 0.410 e. The van der Waals surface area contributed by atoms with Crippen molar-refractivity contribution in [3.8, 4) is 0 Å². The van der Waals surface area contributed by atoms with Gasteiger partial charge in [-0.25, -0.2) is 10.7 Å². The van der Waals surface area contributed by atoms with Gasteiger partial charge in [0.15, 0.2) is 0 Å². The summed E-state index contributed by atoms with van der Waals surface area (Å²) in [5.74, 6) is 5.54. The van der Waals surface area contributed by atoms with Crippen molar-refractivity contribution in [2.24, 2.45) is 5.90 Å². The lowest BCUT2D eigenvalue weighted by atomic mass is 9.97. The third kappa shape index (κ3) is 4.69. The summed E-state index contributed by atoms with van der Waals surface area (Å²) >= 11 is 2.18. The van der Waals surface area contributed by atoms with Gasteiger partial charge in [-0.3, -0.25) is 9.63 Å². The van der Waals surface area contributed by atoms with Crippen molar-refractivity contribution in [1.29, 1.82) is 0 Å². The fourth-order valence-electron chi connectivity index (χ4n) is 3.04. The molecule has 0 saturated carbocycles. The zero-order valence-corrected chi connectivity index (χ0v) is 16.1. The molecule has 2 fully saturated rings. The molecule has 3 atom stereocenters. The summed E-state index contributed by atoms with van der Waals surface area (Å²) in [5.41, 5.74) is -0.540. The molecule has 1 unspecified atom stereocenters. The second-order valence-electron chi connectivity index (χ2n) is 7.10. The number of rotatable bonds is 2. The first-order valence-corrected chi connectivity index (χ1v) is 9.25. The van der Waals surface area contributed by atoms with E-state index in [9.17, 15) is 9.59 Å².